The van der Waals surface area contributed by atoms with Gasteiger partial charge in [0.05, 0.1) is 5.41 Å². The maximum absolute atomic E-state index is 13.3. The molecule has 0 unspecified atom stereocenters. The number of carbonyl (C=O) groups excluding carboxylic acids is 1. The van der Waals surface area contributed by atoms with Gasteiger partial charge in [-0.2, -0.15) is 0 Å². The summed E-state index contributed by atoms with van der Waals surface area (Å²) in [5, 5.41) is 21.7. The van der Waals surface area contributed by atoms with Gasteiger partial charge in [-0.15, -0.1) is 0 Å². The molecule has 2 saturated heterocycles. The minimum Gasteiger partial charge on any atom is -0.370 e. The number of likely N-dealkylation sites (tertiary alicyclic amines) is 2. The van der Waals surface area contributed by atoms with Crippen LogP contribution in [-0.2, 0) is 17.6 Å². The maximum atomic E-state index is 13.3. The van der Waals surface area contributed by atoms with E-state index < -0.39 is 6.29 Å². The summed E-state index contributed by atoms with van der Waals surface area (Å²) in [7, 11) is 0. The van der Waals surface area contributed by atoms with Gasteiger partial charge in [0.2, 0.25) is 5.91 Å². The molecule has 0 atom stereocenters. The Hall–Kier alpha value is -1.70. The van der Waals surface area contributed by atoms with Gasteiger partial charge in [-0.3, -0.25) is 9.69 Å². The third-order valence-corrected chi connectivity index (χ3v) is 6.65. The average molecular weight is 419 g/mol. The zero-order valence-corrected chi connectivity index (χ0v) is 18.6. The molecule has 4 heterocycles. The van der Waals surface area contributed by atoms with Gasteiger partial charge < -0.3 is 20.4 Å². The standard InChI is InChI=1S/C21H32N4O3.C2H6/c26-18(27)15-24-13-8-21(9-14-24)7-2-11-25(20(21)28)12-6-17-5-4-16-3-1-10-22-19(16)23-17;1-2/h4-5,18,26-27H,1-3,6-15H2,(H,22,23);1-2H3. The average Bonchev–Trinajstić information content (AvgIpc) is 2.77. The van der Waals surface area contributed by atoms with Crippen molar-refractivity contribution in [1.29, 1.82) is 0 Å². The summed E-state index contributed by atoms with van der Waals surface area (Å²) in [4.78, 5) is 22.1. The lowest BCUT2D eigenvalue weighted by molar-refractivity contribution is -0.150. The normalized spacial score (nSPS) is 21.1. The van der Waals surface area contributed by atoms with Crippen molar-refractivity contribution in [2.24, 2.45) is 5.41 Å². The molecule has 3 aliphatic heterocycles. The molecular weight excluding hydrogens is 380 g/mol. The van der Waals surface area contributed by atoms with E-state index in [9.17, 15) is 15.0 Å². The monoisotopic (exact) mass is 418 g/mol. The number of nitrogens with zero attached hydrogens (tertiary/aromatic N) is 3. The molecule has 30 heavy (non-hydrogen) atoms. The summed E-state index contributed by atoms with van der Waals surface area (Å²) in [5.74, 6) is 1.31. The summed E-state index contributed by atoms with van der Waals surface area (Å²) in [6.45, 7) is 8.34. The highest BCUT2D eigenvalue weighted by molar-refractivity contribution is 5.83. The first-order valence-electron chi connectivity index (χ1n) is 11.7. The van der Waals surface area contributed by atoms with Gasteiger partial charge >= 0.3 is 0 Å². The van der Waals surface area contributed by atoms with E-state index in [1.54, 1.807) is 0 Å². The van der Waals surface area contributed by atoms with Crippen molar-refractivity contribution < 1.29 is 15.0 Å². The van der Waals surface area contributed by atoms with Crippen LogP contribution < -0.4 is 5.32 Å². The number of fused-ring (bicyclic) bond motifs is 1. The molecule has 1 spiro atoms. The number of aromatic nitrogens is 1. The van der Waals surface area contributed by atoms with Gasteiger partial charge in [-0.25, -0.2) is 4.98 Å². The van der Waals surface area contributed by atoms with Crippen LogP contribution in [0.25, 0.3) is 0 Å². The number of piperidine rings is 2. The molecule has 4 rings (SSSR count). The third-order valence-electron chi connectivity index (χ3n) is 6.65. The lowest BCUT2D eigenvalue weighted by Crippen LogP contribution is -2.54. The molecule has 0 aromatic carbocycles. The fraction of sp³-hybridized carbons (Fsp3) is 0.739. The van der Waals surface area contributed by atoms with Crippen LogP contribution >= 0.6 is 0 Å². The second-order valence-electron chi connectivity index (χ2n) is 8.55. The predicted molar refractivity (Wildman–Crippen MR) is 118 cm³/mol. The number of aryl methyl sites for hydroxylation is 1. The molecule has 168 valence electrons. The van der Waals surface area contributed by atoms with Crippen molar-refractivity contribution in [3.63, 3.8) is 0 Å². The van der Waals surface area contributed by atoms with Crippen molar-refractivity contribution in [1.82, 2.24) is 14.8 Å². The molecule has 1 aromatic rings. The fourth-order valence-electron chi connectivity index (χ4n) is 4.98. The maximum Gasteiger partial charge on any atom is 0.228 e. The van der Waals surface area contributed by atoms with E-state index in [0.717, 1.165) is 89.2 Å². The first kappa shape index (κ1) is 23.0. The number of amides is 1. The number of aliphatic hydroxyl groups excluding tert-OH is 1. The SMILES string of the molecule is CC.O=C1N(CCc2ccc3c(n2)NCCC3)CCCC12CCN(CC(O)O)CC2. The minimum atomic E-state index is -1.30. The van der Waals surface area contributed by atoms with Gasteiger partial charge in [-0.1, -0.05) is 19.9 Å². The van der Waals surface area contributed by atoms with Crippen LogP contribution in [0, 0.1) is 5.41 Å². The highest BCUT2D eigenvalue weighted by Gasteiger charge is 2.45. The third kappa shape index (κ3) is 5.31. The summed E-state index contributed by atoms with van der Waals surface area (Å²) in [5.41, 5.74) is 2.09. The lowest BCUT2D eigenvalue weighted by Gasteiger charge is -2.46. The first-order chi connectivity index (χ1) is 14.6. The number of carbonyl (C=O) groups is 1. The largest absolute Gasteiger partial charge is 0.370 e. The smallest absolute Gasteiger partial charge is 0.228 e. The number of anilines is 1. The Morgan fingerprint density at radius 2 is 1.90 bits per heavy atom. The van der Waals surface area contributed by atoms with Crippen molar-refractivity contribution >= 4 is 11.7 Å². The highest BCUT2D eigenvalue weighted by Crippen LogP contribution is 2.41. The molecule has 3 N–H and O–H groups in total. The van der Waals surface area contributed by atoms with Crippen molar-refractivity contribution in [3.8, 4) is 0 Å². The Bertz CT molecular complexity index is 702. The van der Waals surface area contributed by atoms with Crippen LogP contribution in [0.1, 0.15) is 57.2 Å². The molecule has 2 fully saturated rings. The van der Waals surface area contributed by atoms with Crippen molar-refractivity contribution in [2.45, 2.75) is 65.1 Å². The molecule has 0 bridgehead atoms. The van der Waals surface area contributed by atoms with E-state index in [2.05, 4.69) is 17.4 Å². The van der Waals surface area contributed by atoms with E-state index in [0.29, 0.717) is 5.91 Å². The number of aliphatic hydroxyl groups is 2. The molecule has 0 radical (unpaired) electrons. The molecular formula is C23H38N4O3. The van der Waals surface area contributed by atoms with Crippen LogP contribution in [0.2, 0.25) is 0 Å². The molecule has 1 aromatic heterocycles. The van der Waals surface area contributed by atoms with Gasteiger partial charge in [-0.05, 0) is 63.2 Å². The molecule has 7 nitrogen and oxygen atoms in total. The predicted octanol–water partition coefficient (Wildman–Crippen LogP) is 2.02. The zero-order valence-electron chi connectivity index (χ0n) is 18.6. The lowest BCUT2D eigenvalue weighted by atomic mass is 9.71. The van der Waals surface area contributed by atoms with Crippen LogP contribution in [0.5, 0.6) is 0 Å². The summed E-state index contributed by atoms with van der Waals surface area (Å²) in [6.07, 6.45) is 5.38. The van der Waals surface area contributed by atoms with Crippen LogP contribution in [0.15, 0.2) is 12.1 Å². The van der Waals surface area contributed by atoms with Crippen LogP contribution in [0.3, 0.4) is 0 Å². The number of hydrogen-bond acceptors (Lipinski definition) is 6. The first-order valence-corrected chi connectivity index (χ1v) is 11.7. The second-order valence-corrected chi connectivity index (χ2v) is 8.55. The summed E-state index contributed by atoms with van der Waals surface area (Å²) < 4.78 is 0. The van der Waals surface area contributed by atoms with Gasteiger partial charge in [0.15, 0.2) is 6.29 Å². The van der Waals surface area contributed by atoms with Crippen molar-refractivity contribution in [3.05, 3.63) is 23.4 Å². The van der Waals surface area contributed by atoms with Crippen LogP contribution in [-0.4, -0.2) is 76.5 Å². The quantitative estimate of drug-likeness (QED) is 0.634. The number of β-amino-alcohol motifs (C(OH)–C–C–N with tert-alkyl or cyclic N) is 2. The van der Waals surface area contributed by atoms with Gasteiger partial charge in [0.25, 0.3) is 0 Å². The van der Waals surface area contributed by atoms with E-state index in [4.69, 9.17) is 4.98 Å². The van der Waals surface area contributed by atoms with Gasteiger partial charge in [0, 0.05) is 38.3 Å². The number of nitrogens with one attached hydrogen (secondary N) is 1. The molecule has 1 amide bonds. The van der Waals surface area contributed by atoms with E-state index in [1.807, 2.05) is 23.6 Å². The van der Waals surface area contributed by atoms with Crippen LogP contribution in [0.4, 0.5) is 5.82 Å². The molecule has 0 aliphatic carbocycles. The Labute approximate surface area is 180 Å². The highest BCUT2D eigenvalue weighted by atomic mass is 16.5. The Kier molecular flexibility index (Phi) is 8.08. The van der Waals surface area contributed by atoms with E-state index in [-0.39, 0.29) is 12.0 Å². The zero-order chi connectivity index (χ0) is 21.6. The Morgan fingerprint density at radius 1 is 1.13 bits per heavy atom. The topological polar surface area (TPSA) is 88.9 Å². The summed E-state index contributed by atoms with van der Waals surface area (Å²) in [6, 6.07) is 4.28. The fourth-order valence-corrected chi connectivity index (χ4v) is 4.98. The Morgan fingerprint density at radius 3 is 2.63 bits per heavy atom. The number of pyridine rings is 1. The summed E-state index contributed by atoms with van der Waals surface area (Å²) >= 11 is 0. The van der Waals surface area contributed by atoms with E-state index >= 15 is 0 Å². The number of rotatable bonds is 5. The Balaban J connectivity index is 0.00000124. The molecule has 7 heteroatoms. The van der Waals surface area contributed by atoms with E-state index in [1.165, 1.54) is 5.56 Å². The van der Waals surface area contributed by atoms with Gasteiger partial charge in [0.1, 0.15) is 5.82 Å². The number of hydrogen-bond donors (Lipinski definition) is 3. The van der Waals surface area contributed by atoms with Crippen molar-refractivity contribution in [2.75, 3.05) is 44.6 Å². The molecule has 0 saturated carbocycles. The minimum absolute atomic E-state index is 0.250. The molecule has 3 aliphatic rings. The second kappa shape index (κ2) is 10.6.